The molecule has 2 aromatic rings. The van der Waals surface area contributed by atoms with Gasteiger partial charge in [0, 0.05) is 23.7 Å². The van der Waals surface area contributed by atoms with Crippen LogP contribution in [0.1, 0.15) is 46.3 Å². The molecule has 0 unspecified atom stereocenters. The summed E-state index contributed by atoms with van der Waals surface area (Å²) in [7, 11) is 1.62. The highest BCUT2D eigenvalue weighted by atomic mass is 127. The monoisotopic (exact) mass is 502 g/mol. The number of nitrogens with zero attached hydrogens (tertiary/aromatic N) is 2. The minimum atomic E-state index is -0.0728. The van der Waals surface area contributed by atoms with Crippen molar-refractivity contribution in [2.45, 2.75) is 46.6 Å². The number of anilines is 1. The number of nitrogens with one attached hydrogen (secondary N) is 2. The van der Waals surface area contributed by atoms with Crippen molar-refractivity contribution in [1.82, 2.24) is 10.3 Å². The van der Waals surface area contributed by atoms with Gasteiger partial charge in [0.2, 0.25) is 5.89 Å². The van der Waals surface area contributed by atoms with Gasteiger partial charge in [0.25, 0.3) is 0 Å². The number of halogens is 1. The molecule has 2 N–H and O–H groups in total. The predicted molar refractivity (Wildman–Crippen MR) is 123 cm³/mol. The third-order valence-corrected chi connectivity index (χ3v) is 3.74. The summed E-state index contributed by atoms with van der Waals surface area (Å²) >= 11 is 0. The molecule has 28 heavy (non-hydrogen) atoms. The molecule has 156 valence electrons. The first-order valence-corrected chi connectivity index (χ1v) is 9.18. The number of benzene rings is 1. The molecule has 1 aromatic heterocycles. The second-order valence-electron chi connectivity index (χ2n) is 6.99. The Morgan fingerprint density at radius 1 is 1.21 bits per heavy atom. The van der Waals surface area contributed by atoms with Crippen LogP contribution in [-0.2, 0) is 12.0 Å². The van der Waals surface area contributed by atoms with E-state index < -0.39 is 0 Å². The van der Waals surface area contributed by atoms with Crippen LogP contribution in [-0.4, -0.2) is 31.2 Å². The third-order valence-electron chi connectivity index (χ3n) is 3.74. The number of rotatable bonds is 7. The number of aliphatic imine (C=N–C) groups is 1. The molecule has 8 heteroatoms. The molecule has 0 aliphatic carbocycles. The molecule has 7 nitrogen and oxygen atoms in total. The molecule has 0 radical (unpaired) electrons. The molecule has 2 rings (SSSR count). The van der Waals surface area contributed by atoms with E-state index in [-0.39, 0.29) is 29.4 Å². The van der Waals surface area contributed by atoms with E-state index in [1.807, 2.05) is 32.0 Å². The molecule has 0 atom stereocenters. The van der Waals surface area contributed by atoms with Gasteiger partial charge in [-0.2, -0.15) is 0 Å². The lowest BCUT2D eigenvalue weighted by atomic mass is 9.94. The van der Waals surface area contributed by atoms with Gasteiger partial charge in [0.15, 0.2) is 17.5 Å². The molecule has 1 heterocycles. The Labute approximate surface area is 184 Å². The van der Waals surface area contributed by atoms with Gasteiger partial charge in [-0.25, -0.2) is 9.98 Å². The summed E-state index contributed by atoms with van der Waals surface area (Å²) in [6.45, 7) is 11.9. The molecule has 0 saturated heterocycles. The van der Waals surface area contributed by atoms with Crippen LogP contribution in [0.15, 0.2) is 33.8 Å². The van der Waals surface area contributed by atoms with Crippen molar-refractivity contribution < 1.29 is 13.9 Å². The van der Waals surface area contributed by atoms with Crippen LogP contribution in [0.4, 0.5) is 5.69 Å². The average Bonchev–Trinajstić information content (AvgIpc) is 3.11. The Morgan fingerprint density at radius 3 is 2.54 bits per heavy atom. The fourth-order valence-electron chi connectivity index (χ4n) is 2.34. The molecular formula is C20H31IN4O3. The molecule has 0 aliphatic rings. The average molecular weight is 502 g/mol. The van der Waals surface area contributed by atoms with Crippen LogP contribution < -0.4 is 20.1 Å². The first-order valence-electron chi connectivity index (χ1n) is 9.18. The number of oxazole rings is 1. The van der Waals surface area contributed by atoms with Crippen LogP contribution in [0, 0.1) is 0 Å². The highest BCUT2D eigenvalue weighted by Crippen LogP contribution is 2.30. The topological polar surface area (TPSA) is 80.9 Å². The Morgan fingerprint density at radius 2 is 1.96 bits per heavy atom. The van der Waals surface area contributed by atoms with E-state index in [9.17, 15) is 0 Å². The van der Waals surface area contributed by atoms with Gasteiger partial charge in [-0.1, -0.05) is 20.8 Å². The summed E-state index contributed by atoms with van der Waals surface area (Å²) in [5.41, 5.74) is 0.772. The molecule has 0 spiro atoms. The van der Waals surface area contributed by atoms with Crippen LogP contribution in [0.3, 0.4) is 0 Å². The Hall–Kier alpha value is -1.97. The highest BCUT2D eigenvalue weighted by Gasteiger charge is 2.19. The maximum absolute atomic E-state index is 5.80. The summed E-state index contributed by atoms with van der Waals surface area (Å²) in [6, 6.07) is 5.67. The smallest absolute Gasteiger partial charge is 0.216 e. The zero-order valence-electron chi connectivity index (χ0n) is 17.5. The largest absolute Gasteiger partial charge is 0.493 e. The van der Waals surface area contributed by atoms with E-state index in [1.54, 1.807) is 13.3 Å². The zero-order valence-corrected chi connectivity index (χ0v) is 19.8. The third kappa shape index (κ3) is 6.88. The number of methoxy groups -OCH3 is 1. The summed E-state index contributed by atoms with van der Waals surface area (Å²) in [5, 5.41) is 6.48. The molecule has 1 aromatic carbocycles. The molecule has 0 aliphatic heterocycles. The second-order valence-corrected chi connectivity index (χ2v) is 6.99. The van der Waals surface area contributed by atoms with Crippen molar-refractivity contribution in [3.8, 4) is 11.5 Å². The van der Waals surface area contributed by atoms with Crippen molar-refractivity contribution in [2.75, 3.05) is 25.6 Å². The molecular weight excluding hydrogens is 471 g/mol. The van der Waals surface area contributed by atoms with Crippen molar-refractivity contribution in [1.29, 1.82) is 0 Å². The van der Waals surface area contributed by atoms with Crippen LogP contribution >= 0.6 is 24.0 Å². The molecule has 0 amide bonds. The minimum Gasteiger partial charge on any atom is -0.493 e. The van der Waals surface area contributed by atoms with Gasteiger partial charge in [0.1, 0.15) is 12.3 Å². The lowest BCUT2D eigenvalue weighted by molar-refractivity contribution is 0.311. The van der Waals surface area contributed by atoms with Gasteiger partial charge in [-0.05, 0) is 26.0 Å². The summed E-state index contributed by atoms with van der Waals surface area (Å²) < 4.78 is 16.7. The maximum atomic E-state index is 5.80. The SMILES string of the molecule is CCNC(=NCc1ncc(C(C)(C)C)o1)Nc1ccc(OCC)c(OC)c1.I. The first-order chi connectivity index (χ1) is 12.9. The quantitative estimate of drug-likeness (QED) is 0.328. The summed E-state index contributed by atoms with van der Waals surface area (Å²) in [4.78, 5) is 8.87. The van der Waals surface area contributed by atoms with Gasteiger partial charge >= 0.3 is 0 Å². The second kappa shape index (κ2) is 11.1. The van der Waals surface area contributed by atoms with Gasteiger partial charge in [-0.15, -0.1) is 24.0 Å². The van der Waals surface area contributed by atoms with Crippen molar-refractivity contribution in [3.05, 3.63) is 36.0 Å². The normalized spacial score (nSPS) is 11.6. The van der Waals surface area contributed by atoms with E-state index >= 15 is 0 Å². The number of guanidine groups is 1. The predicted octanol–water partition coefficient (Wildman–Crippen LogP) is 4.58. The fraction of sp³-hybridized carbons (Fsp3) is 0.500. The van der Waals surface area contributed by atoms with E-state index in [0.717, 1.165) is 18.0 Å². The molecule has 0 saturated carbocycles. The van der Waals surface area contributed by atoms with Gasteiger partial charge in [0.05, 0.1) is 19.9 Å². The fourth-order valence-corrected chi connectivity index (χ4v) is 2.34. The number of aromatic nitrogens is 1. The van der Waals surface area contributed by atoms with Crippen LogP contribution in [0.2, 0.25) is 0 Å². The van der Waals surface area contributed by atoms with Gasteiger partial charge < -0.3 is 24.5 Å². The van der Waals surface area contributed by atoms with Gasteiger partial charge in [-0.3, -0.25) is 0 Å². The first kappa shape index (κ1) is 24.1. The van der Waals surface area contributed by atoms with E-state index in [0.29, 0.717) is 36.5 Å². The van der Waals surface area contributed by atoms with Crippen molar-refractivity contribution in [2.24, 2.45) is 4.99 Å². The van der Waals surface area contributed by atoms with E-state index in [1.165, 1.54) is 0 Å². The van der Waals surface area contributed by atoms with Crippen LogP contribution in [0.5, 0.6) is 11.5 Å². The van der Waals surface area contributed by atoms with Crippen LogP contribution in [0.25, 0.3) is 0 Å². The number of ether oxygens (including phenoxy) is 2. The minimum absolute atomic E-state index is 0. The Balaban J connectivity index is 0.00000392. The Bertz CT molecular complexity index is 769. The standard InChI is InChI=1S/C20H30N4O3.HI/c1-7-21-19(23-13-18-22-12-17(27-18)20(3,4)5)24-14-9-10-15(26-8-2)16(11-14)25-6;/h9-12H,7-8,13H2,1-6H3,(H2,21,23,24);1H. The summed E-state index contributed by atoms with van der Waals surface area (Å²) in [6.07, 6.45) is 1.77. The molecule has 0 bridgehead atoms. The number of hydrogen-bond acceptors (Lipinski definition) is 5. The maximum Gasteiger partial charge on any atom is 0.216 e. The lowest BCUT2D eigenvalue weighted by Gasteiger charge is -2.14. The summed E-state index contributed by atoms with van der Waals surface area (Å²) in [5.74, 6) is 3.45. The lowest BCUT2D eigenvalue weighted by Crippen LogP contribution is -2.30. The van der Waals surface area contributed by atoms with Crippen molar-refractivity contribution >= 4 is 35.6 Å². The number of hydrogen-bond donors (Lipinski definition) is 2. The molecule has 0 fully saturated rings. The van der Waals surface area contributed by atoms with E-state index in [2.05, 4.69) is 41.4 Å². The Kier molecular flexibility index (Phi) is 9.57. The van der Waals surface area contributed by atoms with Crippen molar-refractivity contribution in [3.63, 3.8) is 0 Å². The highest BCUT2D eigenvalue weighted by molar-refractivity contribution is 14.0. The zero-order chi connectivity index (χ0) is 19.9. The van der Waals surface area contributed by atoms with E-state index in [4.69, 9.17) is 13.9 Å².